The number of aromatic nitrogens is 1. The number of nitrogens with two attached hydrogens (primary N) is 1. The molecule has 0 spiro atoms. The fraction of sp³-hybridized carbons (Fsp3) is 0.267. The molecule has 0 aliphatic carbocycles. The van der Waals surface area contributed by atoms with E-state index in [9.17, 15) is 13.6 Å². The molecule has 5 nitrogen and oxygen atoms in total. The van der Waals surface area contributed by atoms with Crippen LogP contribution < -0.4 is 20.8 Å². The van der Waals surface area contributed by atoms with Gasteiger partial charge in [0.25, 0.3) is 12.0 Å². The third kappa shape index (κ3) is 2.74. The quantitative estimate of drug-likeness (QED) is 0.882. The molecular weight excluding hydrogens is 294 g/mol. The number of pyridine rings is 1. The van der Waals surface area contributed by atoms with Crippen LogP contribution in [-0.2, 0) is 7.05 Å². The van der Waals surface area contributed by atoms with E-state index in [0.29, 0.717) is 28.3 Å². The summed E-state index contributed by atoms with van der Waals surface area (Å²) >= 11 is 0. The summed E-state index contributed by atoms with van der Waals surface area (Å²) in [5.41, 5.74) is 5.88. The molecule has 2 N–H and O–H groups in total. The molecule has 1 aromatic carbocycles. The van der Waals surface area contributed by atoms with E-state index in [-0.39, 0.29) is 0 Å². The van der Waals surface area contributed by atoms with Crippen molar-refractivity contribution in [3.8, 4) is 22.6 Å². The number of halogens is 2. The molecule has 0 atom stereocenters. The summed E-state index contributed by atoms with van der Waals surface area (Å²) < 4.78 is 37.4. The minimum atomic E-state index is -2.85. The van der Waals surface area contributed by atoms with Crippen molar-refractivity contribution in [2.24, 2.45) is 7.05 Å². The van der Waals surface area contributed by atoms with Crippen LogP contribution in [0.25, 0.3) is 11.1 Å². The molecule has 0 saturated heterocycles. The standard InChI is InChI=1S/C15H16F2N2O3/c1-19-7-9(4-10(14(16)17)15(19)20)8-5-11(21-2)13(18)12(6-8)22-3/h4-7,14H,18H2,1-3H3. The van der Waals surface area contributed by atoms with E-state index in [1.165, 1.54) is 27.5 Å². The van der Waals surface area contributed by atoms with Crippen LogP contribution in [0.1, 0.15) is 12.0 Å². The second-order valence-electron chi connectivity index (χ2n) is 4.70. The molecule has 1 heterocycles. The number of hydrogen-bond donors (Lipinski definition) is 1. The Morgan fingerprint density at radius 1 is 1.09 bits per heavy atom. The number of nitrogens with zero attached hydrogens (tertiary/aromatic N) is 1. The maximum Gasteiger partial charge on any atom is 0.269 e. The van der Waals surface area contributed by atoms with Gasteiger partial charge in [0.05, 0.1) is 19.8 Å². The van der Waals surface area contributed by atoms with Gasteiger partial charge < -0.3 is 19.8 Å². The number of benzene rings is 1. The smallest absolute Gasteiger partial charge is 0.269 e. The van der Waals surface area contributed by atoms with Gasteiger partial charge >= 0.3 is 0 Å². The first-order valence-corrected chi connectivity index (χ1v) is 6.39. The van der Waals surface area contributed by atoms with Gasteiger partial charge in [-0.2, -0.15) is 0 Å². The molecule has 0 aliphatic heterocycles. The maximum atomic E-state index is 13.0. The topological polar surface area (TPSA) is 66.5 Å². The van der Waals surface area contributed by atoms with Crippen LogP contribution >= 0.6 is 0 Å². The minimum Gasteiger partial charge on any atom is -0.494 e. The number of aryl methyl sites for hydroxylation is 1. The number of ether oxygens (including phenoxy) is 2. The van der Waals surface area contributed by atoms with E-state index in [2.05, 4.69) is 0 Å². The second-order valence-corrected chi connectivity index (χ2v) is 4.70. The molecule has 0 unspecified atom stereocenters. The third-order valence-corrected chi connectivity index (χ3v) is 3.32. The SMILES string of the molecule is COc1cc(-c2cc(C(F)F)c(=O)n(C)c2)cc(OC)c1N. The highest BCUT2D eigenvalue weighted by atomic mass is 19.3. The average Bonchev–Trinajstić information content (AvgIpc) is 2.49. The van der Waals surface area contributed by atoms with Gasteiger partial charge in [-0.05, 0) is 29.3 Å². The number of anilines is 1. The summed E-state index contributed by atoms with van der Waals surface area (Å²) in [6, 6.07) is 4.37. The molecule has 2 rings (SSSR count). The lowest BCUT2D eigenvalue weighted by molar-refractivity contribution is 0.149. The second kappa shape index (κ2) is 6.05. The fourth-order valence-electron chi connectivity index (χ4n) is 2.16. The lowest BCUT2D eigenvalue weighted by atomic mass is 10.0. The zero-order chi connectivity index (χ0) is 16.4. The van der Waals surface area contributed by atoms with Gasteiger partial charge in [0.2, 0.25) is 0 Å². The predicted molar refractivity (Wildman–Crippen MR) is 79.6 cm³/mol. The molecule has 0 bridgehead atoms. The van der Waals surface area contributed by atoms with Crippen molar-refractivity contribution >= 4 is 5.69 Å². The van der Waals surface area contributed by atoms with Gasteiger partial charge in [-0.3, -0.25) is 4.79 Å². The van der Waals surface area contributed by atoms with Gasteiger partial charge in [-0.1, -0.05) is 0 Å². The number of alkyl halides is 2. The van der Waals surface area contributed by atoms with Gasteiger partial charge in [0, 0.05) is 13.2 Å². The molecule has 22 heavy (non-hydrogen) atoms. The fourth-order valence-corrected chi connectivity index (χ4v) is 2.16. The average molecular weight is 310 g/mol. The van der Waals surface area contributed by atoms with Crippen molar-refractivity contribution in [2.45, 2.75) is 6.43 Å². The Morgan fingerprint density at radius 3 is 2.09 bits per heavy atom. The van der Waals surface area contributed by atoms with Crippen LogP contribution in [-0.4, -0.2) is 18.8 Å². The number of rotatable bonds is 4. The van der Waals surface area contributed by atoms with E-state index in [0.717, 1.165) is 10.6 Å². The van der Waals surface area contributed by atoms with E-state index >= 15 is 0 Å². The first-order valence-electron chi connectivity index (χ1n) is 6.39. The number of nitrogen functional groups attached to an aromatic ring is 1. The molecule has 0 saturated carbocycles. The number of methoxy groups -OCH3 is 2. The van der Waals surface area contributed by atoms with Gasteiger partial charge in [0.15, 0.2) is 0 Å². The number of hydrogen-bond acceptors (Lipinski definition) is 4. The van der Waals surface area contributed by atoms with Crippen molar-refractivity contribution in [3.63, 3.8) is 0 Å². The molecule has 2 aromatic rings. The lowest BCUT2D eigenvalue weighted by Crippen LogP contribution is -2.21. The summed E-state index contributed by atoms with van der Waals surface area (Å²) in [5, 5.41) is 0. The molecule has 0 amide bonds. The van der Waals surface area contributed by atoms with E-state index in [4.69, 9.17) is 15.2 Å². The molecule has 118 valence electrons. The molecule has 7 heteroatoms. The Bertz CT molecular complexity index is 732. The van der Waals surface area contributed by atoms with E-state index in [1.54, 1.807) is 12.1 Å². The van der Waals surface area contributed by atoms with Crippen LogP contribution in [0.3, 0.4) is 0 Å². The summed E-state index contributed by atoms with van der Waals surface area (Å²) in [4.78, 5) is 11.7. The summed E-state index contributed by atoms with van der Waals surface area (Å²) in [7, 11) is 4.31. The van der Waals surface area contributed by atoms with Crippen molar-refractivity contribution in [2.75, 3.05) is 20.0 Å². The maximum absolute atomic E-state index is 13.0. The Balaban J connectivity index is 2.69. The summed E-state index contributed by atoms with van der Waals surface area (Å²) in [6.45, 7) is 0. The highest BCUT2D eigenvalue weighted by Crippen LogP contribution is 2.37. The zero-order valence-electron chi connectivity index (χ0n) is 12.4. The Kier molecular flexibility index (Phi) is 4.35. The molecule has 1 aromatic heterocycles. The van der Waals surface area contributed by atoms with Gasteiger partial charge in [-0.25, -0.2) is 8.78 Å². The van der Waals surface area contributed by atoms with Crippen LogP contribution in [0.5, 0.6) is 11.5 Å². The third-order valence-electron chi connectivity index (χ3n) is 3.32. The van der Waals surface area contributed by atoms with Crippen molar-refractivity contribution in [3.05, 3.63) is 40.3 Å². The van der Waals surface area contributed by atoms with E-state index < -0.39 is 17.5 Å². The normalized spacial score (nSPS) is 10.8. The molecular formula is C15H16F2N2O3. The van der Waals surface area contributed by atoms with Crippen molar-refractivity contribution in [1.29, 1.82) is 0 Å². The van der Waals surface area contributed by atoms with E-state index in [1.807, 2.05) is 0 Å². The van der Waals surface area contributed by atoms with Crippen molar-refractivity contribution in [1.82, 2.24) is 4.57 Å². The highest BCUT2D eigenvalue weighted by Gasteiger charge is 2.17. The van der Waals surface area contributed by atoms with Crippen molar-refractivity contribution < 1.29 is 18.3 Å². The monoisotopic (exact) mass is 310 g/mol. The molecule has 0 aliphatic rings. The minimum absolute atomic E-state index is 0.313. The largest absolute Gasteiger partial charge is 0.494 e. The summed E-state index contributed by atoms with van der Waals surface area (Å²) in [6.07, 6.45) is -1.38. The first kappa shape index (κ1) is 15.8. The Morgan fingerprint density at radius 2 is 1.64 bits per heavy atom. The predicted octanol–water partition coefficient (Wildman–Crippen LogP) is 2.59. The summed E-state index contributed by atoms with van der Waals surface area (Å²) in [5.74, 6) is 0.726. The van der Waals surface area contributed by atoms with Gasteiger partial charge in [-0.15, -0.1) is 0 Å². The highest BCUT2D eigenvalue weighted by molar-refractivity contribution is 5.75. The Hall–Kier alpha value is -2.57. The van der Waals surface area contributed by atoms with Crippen LogP contribution in [0.15, 0.2) is 29.2 Å². The lowest BCUT2D eigenvalue weighted by Gasteiger charge is -2.13. The van der Waals surface area contributed by atoms with Crippen LogP contribution in [0.2, 0.25) is 0 Å². The zero-order valence-corrected chi connectivity index (χ0v) is 12.4. The van der Waals surface area contributed by atoms with Crippen LogP contribution in [0, 0.1) is 0 Å². The Labute approximate surface area is 125 Å². The molecule has 0 radical (unpaired) electrons. The van der Waals surface area contributed by atoms with Crippen LogP contribution in [0.4, 0.5) is 14.5 Å². The first-order chi connectivity index (χ1) is 10.4. The van der Waals surface area contributed by atoms with Gasteiger partial charge in [0.1, 0.15) is 17.2 Å². The molecule has 0 fully saturated rings.